The highest BCUT2D eigenvalue weighted by molar-refractivity contribution is 7.21. The van der Waals surface area contributed by atoms with Crippen LogP contribution in [0, 0.1) is 0 Å². The first-order chi connectivity index (χ1) is 23.1. The number of aromatic nitrogens is 6. The van der Waals surface area contributed by atoms with E-state index in [0.717, 1.165) is 59.9 Å². The molecule has 47 heavy (non-hydrogen) atoms. The van der Waals surface area contributed by atoms with Gasteiger partial charge in [-0.2, -0.15) is 0 Å². The number of hydrogen-bond acceptors (Lipinski definition) is 7. The molecule has 9 heteroatoms. The Morgan fingerprint density at radius 1 is 0.468 bits per heavy atom. The minimum absolute atomic E-state index is 0.238. The minimum Gasteiger partial charge on any atom is -0.507 e. The van der Waals surface area contributed by atoms with Crippen LogP contribution < -0.4 is 0 Å². The van der Waals surface area contributed by atoms with E-state index >= 15 is 0 Å². The molecule has 0 spiro atoms. The summed E-state index contributed by atoms with van der Waals surface area (Å²) in [5, 5.41) is 20.3. The van der Waals surface area contributed by atoms with Gasteiger partial charge in [0.15, 0.2) is 5.82 Å². The third-order valence-electron chi connectivity index (χ3n) is 7.27. The normalized spacial score (nSPS) is 10.7. The molecule has 0 amide bonds. The lowest BCUT2D eigenvalue weighted by atomic mass is 10.2. The Labute approximate surface area is 273 Å². The molecule has 0 aliphatic heterocycles. The number of rotatable bonds is 3. The lowest BCUT2D eigenvalue weighted by Gasteiger charge is -1.98. The molecule has 4 N–H and O–H groups in total. The van der Waals surface area contributed by atoms with Crippen LogP contribution in [-0.2, 0) is 0 Å². The number of phenols is 2. The van der Waals surface area contributed by atoms with Crippen LogP contribution in [0.5, 0.6) is 11.5 Å². The Kier molecular flexibility index (Phi) is 8.35. The fourth-order valence-electron chi connectivity index (χ4n) is 4.97. The van der Waals surface area contributed by atoms with Gasteiger partial charge in [-0.15, -0.1) is 11.3 Å². The summed E-state index contributed by atoms with van der Waals surface area (Å²) in [6.07, 6.45) is 1.77. The third kappa shape index (κ3) is 6.56. The number of thiazole rings is 1. The van der Waals surface area contributed by atoms with Crippen molar-refractivity contribution in [2.45, 2.75) is 0 Å². The van der Waals surface area contributed by atoms with Crippen LogP contribution in [0.2, 0.25) is 0 Å². The predicted octanol–water partition coefficient (Wildman–Crippen LogP) is 9.23. The number of para-hydroxylation sites is 7. The van der Waals surface area contributed by atoms with Crippen molar-refractivity contribution in [1.29, 1.82) is 0 Å². The van der Waals surface area contributed by atoms with E-state index in [1.807, 2.05) is 121 Å². The SMILES string of the molecule is Oc1ccccc1-c1nc2ccccc2[nH]1.Oc1ccccc1-c1nc2ccccc2s1.c1ccc(-c2nc3ccccc3[nH]2)nc1. The highest BCUT2D eigenvalue weighted by atomic mass is 32.1. The van der Waals surface area contributed by atoms with E-state index in [0.29, 0.717) is 5.82 Å². The number of nitrogens with one attached hydrogen (secondary N) is 2. The van der Waals surface area contributed by atoms with Crippen LogP contribution in [-0.4, -0.2) is 40.1 Å². The van der Waals surface area contributed by atoms with Gasteiger partial charge < -0.3 is 20.2 Å². The second-order valence-corrected chi connectivity index (χ2v) is 11.5. The fourth-order valence-corrected chi connectivity index (χ4v) is 5.97. The molecule has 0 radical (unpaired) electrons. The lowest BCUT2D eigenvalue weighted by molar-refractivity contribution is 0.476. The van der Waals surface area contributed by atoms with Gasteiger partial charge in [-0.1, -0.05) is 66.7 Å². The zero-order valence-corrected chi connectivity index (χ0v) is 25.8. The first-order valence-corrected chi connectivity index (χ1v) is 15.7. The fraction of sp³-hybridized carbons (Fsp3) is 0. The molecule has 9 rings (SSSR count). The Bertz CT molecular complexity index is 2200. The molecule has 0 saturated heterocycles. The molecule has 0 saturated carbocycles. The molecule has 9 aromatic rings. The van der Waals surface area contributed by atoms with Gasteiger partial charge in [0.25, 0.3) is 0 Å². The standard InChI is InChI=1S/C13H10N2O.C13H9NOS.C12H9N3/c16-12-8-4-1-5-9(12)13-14-10-6-2-3-7-11(10)15-13;15-11-7-3-1-5-9(11)13-14-10-6-2-4-8-12(10)16-13;1-2-6-10-9(5-1)14-12(15-10)11-7-3-4-8-13-11/h1-8,16H,(H,14,15);1-8,15H;1-8H,(H,14,15). The van der Waals surface area contributed by atoms with E-state index in [2.05, 4.69) is 29.9 Å². The van der Waals surface area contributed by atoms with E-state index < -0.39 is 0 Å². The van der Waals surface area contributed by atoms with Crippen molar-refractivity contribution in [2.75, 3.05) is 0 Å². The second kappa shape index (κ2) is 13.4. The van der Waals surface area contributed by atoms with Gasteiger partial charge in [-0.3, -0.25) is 4.98 Å². The average Bonchev–Trinajstić information content (AvgIpc) is 3.86. The molecule has 4 heterocycles. The summed E-state index contributed by atoms with van der Waals surface area (Å²) >= 11 is 1.59. The molecule has 0 fully saturated rings. The molecule has 228 valence electrons. The highest BCUT2D eigenvalue weighted by Crippen LogP contribution is 2.34. The van der Waals surface area contributed by atoms with Crippen LogP contribution in [0.1, 0.15) is 0 Å². The molecule has 4 aromatic heterocycles. The van der Waals surface area contributed by atoms with Gasteiger partial charge >= 0.3 is 0 Å². The van der Waals surface area contributed by atoms with E-state index in [9.17, 15) is 10.2 Å². The zero-order chi connectivity index (χ0) is 32.0. The summed E-state index contributed by atoms with van der Waals surface area (Å²) in [4.78, 5) is 24.1. The van der Waals surface area contributed by atoms with Gasteiger partial charge in [0.2, 0.25) is 0 Å². The van der Waals surface area contributed by atoms with Crippen molar-refractivity contribution in [3.8, 4) is 45.0 Å². The maximum Gasteiger partial charge on any atom is 0.157 e. The number of imidazole rings is 2. The van der Waals surface area contributed by atoms with Crippen molar-refractivity contribution in [2.24, 2.45) is 0 Å². The first-order valence-electron chi connectivity index (χ1n) is 14.9. The quantitative estimate of drug-likeness (QED) is 0.154. The number of hydrogen-bond donors (Lipinski definition) is 4. The molecule has 0 aliphatic carbocycles. The summed E-state index contributed by atoms with van der Waals surface area (Å²) in [5.41, 5.74) is 7.25. The van der Waals surface area contributed by atoms with Gasteiger partial charge in [0.05, 0.1) is 43.4 Å². The number of fused-ring (bicyclic) bond motifs is 3. The van der Waals surface area contributed by atoms with E-state index in [4.69, 9.17) is 0 Å². The van der Waals surface area contributed by atoms with Crippen molar-refractivity contribution >= 4 is 43.6 Å². The second-order valence-electron chi connectivity index (χ2n) is 10.4. The van der Waals surface area contributed by atoms with Gasteiger partial charge in [0, 0.05) is 6.20 Å². The molecule has 0 unspecified atom stereocenters. The maximum absolute atomic E-state index is 9.76. The zero-order valence-electron chi connectivity index (χ0n) is 24.9. The molecular formula is C38H28N6O2S. The van der Waals surface area contributed by atoms with Crippen molar-refractivity contribution < 1.29 is 10.2 Å². The number of aromatic amines is 2. The molecule has 0 atom stereocenters. The molecular weight excluding hydrogens is 605 g/mol. The molecule has 5 aromatic carbocycles. The van der Waals surface area contributed by atoms with Crippen LogP contribution in [0.4, 0.5) is 0 Å². The van der Waals surface area contributed by atoms with Gasteiger partial charge in [-0.05, 0) is 72.8 Å². The van der Waals surface area contributed by atoms with Crippen LogP contribution in [0.15, 0.2) is 146 Å². The number of nitrogens with zero attached hydrogens (tertiary/aromatic N) is 4. The number of pyridine rings is 1. The third-order valence-corrected chi connectivity index (χ3v) is 8.34. The topological polar surface area (TPSA) is 124 Å². The average molecular weight is 633 g/mol. The lowest BCUT2D eigenvalue weighted by Crippen LogP contribution is -1.82. The van der Waals surface area contributed by atoms with E-state index in [1.165, 1.54) is 0 Å². The Hall–Kier alpha value is -6.32. The smallest absolute Gasteiger partial charge is 0.157 e. The monoisotopic (exact) mass is 632 g/mol. The summed E-state index contributed by atoms with van der Waals surface area (Å²) in [7, 11) is 0. The molecule has 0 aliphatic rings. The number of benzene rings is 5. The predicted molar refractivity (Wildman–Crippen MR) is 189 cm³/mol. The maximum atomic E-state index is 9.76. The van der Waals surface area contributed by atoms with Gasteiger partial charge in [-0.25, -0.2) is 15.0 Å². The van der Waals surface area contributed by atoms with Crippen LogP contribution >= 0.6 is 11.3 Å². The Morgan fingerprint density at radius 3 is 1.62 bits per heavy atom. The number of aromatic hydroxyl groups is 2. The highest BCUT2D eigenvalue weighted by Gasteiger charge is 2.10. The molecule has 0 bridgehead atoms. The first kappa shape index (κ1) is 29.4. The van der Waals surface area contributed by atoms with Gasteiger partial charge in [0.1, 0.15) is 28.0 Å². The van der Waals surface area contributed by atoms with Crippen LogP contribution in [0.3, 0.4) is 0 Å². The summed E-state index contributed by atoms with van der Waals surface area (Å²) in [5.74, 6) is 2.03. The Morgan fingerprint density at radius 2 is 1.00 bits per heavy atom. The van der Waals surface area contributed by atoms with E-state index in [1.54, 1.807) is 35.7 Å². The minimum atomic E-state index is 0.238. The van der Waals surface area contributed by atoms with Crippen molar-refractivity contribution in [1.82, 2.24) is 29.9 Å². The summed E-state index contributed by atoms with van der Waals surface area (Å²) in [6, 6.07) is 44.0. The number of H-pyrrole nitrogens is 2. The Balaban J connectivity index is 0.000000112. The van der Waals surface area contributed by atoms with E-state index in [-0.39, 0.29) is 11.5 Å². The van der Waals surface area contributed by atoms with Crippen molar-refractivity contribution in [3.63, 3.8) is 0 Å². The van der Waals surface area contributed by atoms with Crippen molar-refractivity contribution in [3.05, 3.63) is 146 Å². The summed E-state index contributed by atoms with van der Waals surface area (Å²) < 4.78 is 1.14. The number of phenolic OH excluding ortho intramolecular Hbond substituents is 2. The largest absolute Gasteiger partial charge is 0.507 e. The summed E-state index contributed by atoms with van der Waals surface area (Å²) in [6.45, 7) is 0. The molecule has 8 nitrogen and oxygen atoms in total. The van der Waals surface area contributed by atoms with Crippen LogP contribution in [0.25, 0.3) is 65.8 Å².